The average molecular weight is 207 g/mol. The van der Waals surface area contributed by atoms with E-state index in [4.69, 9.17) is 5.73 Å². The van der Waals surface area contributed by atoms with Crippen LogP contribution >= 0.6 is 0 Å². The molecule has 0 saturated carbocycles. The van der Waals surface area contributed by atoms with Crippen molar-refractivity contribution >= 4 is 5.91 Å². The maximum atomic E-state index is 10.9. The summed E-state index contributed by atoms with van der Waals surface area (Å²) in [5, 5.41) is 3.10. The van der Waals surface area contributed by atoms with E-state index >= 15 is 0 Å². The fraction of sp³-hybridized carbons (Fsp3) is 0.455. The predicted molar refractivity (Wildman–Crippen MR) is 59.2 cm³/mol. The molecule has 4 nitrogen and oxygen atoms in total. The fourth-order valence-corrected chi connectivity index (χ4v) is 1.37. The van der Waals surface area contributed by atoms with Gasteiger partial charge in [0.2, 0.25) is 5.91 Å². The standard InChI is InChI=1S/C11H17N3O/c1-2-10(11(12)15)14-8-6-9-5-3-4-7-13-9/h3-5,7,10,14H,2,6,8H2,1H3,(H2,12,15). The molecule has 1 rings (SSSR count). The number of primary amides is 1. The summed E-state index contributed by atoms with van der Waals surface area (Å²) < 4.78 is 0. The number of rotatable bonds is 6. The fourth-order valence-electron chi connectivity index (χ4n) is 1.37. The first-order chi connectivity index (χ1) is 7.24. The molecule has 82 valence electrons. The normalized spacial score (nSPS) is 12.3. The van der Waals surface area contributed by atoms with E-state index in [2.05, 4.69) is 10.3 Å². The van der Waals surface area contributed by atoms with Crippen molar-refractivity contribution in [3.8, 4) is 0 Å². The molecule has 0 fully saturated rings. The van der Waals surface area contributed by atoms with Crippen molar-refractivity contribution in [2.24, 2.45) is 5.73 Å². The molecule has 1 unspecified atom stereocenters. The number of aromatic nitrogens is 1. The molecule has 0 saturated heterocycles. The van der Waals surface area contributed by atoms with Gasteiger partial charge in [-0.3, -0.25) is 9.78 Å². The van der Waals surface area contributed by atoms with Crippen LogP contribution in [0.15, 0.2) is 24.4 Å². The van der Waals surface area contributed by atoms with Gasteiger partial charge in [0.1, 0.15) is 0 Å². The van der Waals surface area contributed by atoms with Gasteiger partial charge >= 0.3 is 0 Å². The molecule has 0 bridgehead atoms. The van der Waals surface area contributed by atoms with Crippen LogP contribution < -0.4 is 11.1 Å². The molecular weight excluding hydrogens is 190 g/mol. The van der Waals surface area contributed by atoms with Gasteiger partial charge in [-0.1, -0.05) is 13.0 Å². The largest absolute Gasteiger partial charge is 0.368 e. The summed E-state index contributed by atoms with van der Waals surface area (Å²) in [4.78, 5) is 15.1. The van der Waals surface area contributed by atoms with Gasteiger partial charge in [0.15, 0.2) is 0 Å². The topological polar surface area (TPSA) is 68.0 Å². The lowest BCUT2D eigenvalue weighted by atomic mass is 10.2. The second-order valence-electron chi connectivity index (χ2n) is 3.39. The number of amides is 1. The number of nitrogens with zero attached hydrogens (tertiary/aromatic N) is 1. The van der Waals surface area contributed by atoms with Crippen molar-refractivity contribution in [3.05, 3.63) is 30.1 Å². The Kier molecular flexibility index (Phi) is 4.77. The van der Waals surface area contributed by atoms with Gasteiger partial charge in [-0.25, -0.2) is 0 Å². The quantitative estimate of drug-likeness (QED) is 0.713. The van der Waals surface area contributed by atoms with E-state index in [1.54, 1.807) is 6.20 Å². The van der Waals surface area contributed by atoms with Crippen molar-refractivity contribution in [1.29, 1.82) is 0 Å². The Balaban J connectivity index is 2.30. The van der Waals surface area contributed by atoms with Gasteiger partial charge in [-0.2, -0.15) is 0 Å². The number of nitrogens with one attached hydrogen (secondary N) is 1. The van der Waals surface area contributed by atoms with Crippen molar-refractivity contribution < 1.29 is 4.79 Å². The van der Waals surface area contributed by atoms with Crippen LogP contribution in [-0.4, -0.2) is 23.5 Å². The molecule has 1 aromatic rings. The van der Waals surface area contributed by atoms with Crippen LogP contribution in [0.3, 0.4) is 0 Å². The first-order valence-corrected chi connectivity index (χ1v) is 5.16. The van der Waals surface area contributed by atoms with Gasteiger partial charge in [-0.15, -0.1) is 0 Å². The Hall–Kier alpha value is -1.42. The molecule has 1 amide bonds. The number of pyridine rings is 1. The Bertz CT molecular complexity index is 300. The third kappa shape index (κ3) is 4.08. The molecule has 15 heavy (non-hydrogen) atoms. The van der Waals surface area contributed by atoms with Crippen LogP contribution in [0.4, 0.5) is 0 Å². The number of nitrogens with two attached hydrogens (primary N) is 1. The lowest BCUT2D eigenvalue weighted by Crippen LogP contribution is -2.41. The summed E-state index contributed by atoms with van der Waals surface area (Å²) in [6.45, 7) is 2.65. The zero-order valence-electron chi connectivity index (χ0n) is 8.94. The van der Waals surface area contributed by atoms with Gasteiger partial charge in [0.05, 0.1) is 6.04 Å². The van der Waals surface area contributed by atoms with E-state index in [0.29, 0.717) is 0 Å². The molecular formula is C11H17N3O. The van der Waals surface area contributed by atoms with Crippen LogP contribution in [0, 0.1) is 0 Å². The summed E-state index contributed by atoms with van der Waals surface area (Å²) in [6, 6.07) is 5.57. The lowest BCUT2D eigenvalue weighted by molar-refractivity contribution is -0.120. The van der Waals surface area contributed by atoms with Crippen LogP contribution in [0.5, 0.6) is 0 Å². The number of carbonyl (C=O) groups is 1. The summed E-state index contributed by atoms with van der Waals surface area (Å²) in [7, 11) is 0. The molecule has 0 aromatic carbocycles. The maximum absolute atomic E-state index is 10.9. The highest BCUT2D eigenvalue weighted by atomic mass is 16.1. The Morgan fingerprint density at radius 3 is 2.93 bits per heavy atom. The van der Waals surface area contributed by atoms with E-state index in [0.717, 1.165) is 25.1 Å². The monoisotopic (exact) mass is 207 g/mol. The van der Waals surface area contributed by atoms with Crippen molar-refractivity contribution in [2.75, 3.05) is 6.54 Å². The van der Waals surface area contributed by atoms with Crippen molar-refractivity contribution in [3.63, 3.8) is 0 Å². The number of carbonyl (C=O) groups excluding carboxylic acids is 1. The number of hydrogen-bond donors (Lipinski definition) is 2. The summed E-state index contributed by atoms with van der Waals surface area (Å²) in [5.41, 5.74) is 6.23. The van der Waals surface area contributed by atoms with E-state index < -0.39 is 0 Å². The van der Waals surface area contributed by atoms with Crippen molar-refractivity contribution in [1.82, 2.24) is 10.3 Å². The lowest BCUT2D eigenvalue weighted by Gasteiger charge is -2.12. The highest BCUT2D eigenvalue weighted by Gasteiger charge is 2.10. The van der Waals surface area contributed by atoms with E-state index in [9.17, 15) is 4.79 Å². The molecule has 1 atom stereocenters. The molecule has 0 aliphatic heterocycles. The summed E-state index contributed by atoms with van der Waals surface area (Å²) >= 11 is 0. The van der Waals surface area contributed by atoms with Crippen molar-refractivity contribution in [2.45, 2.75) is 25.8 Å². The highest BCUT2D eigenvalue weighted by molar-refractivity contribution is 5.79. The van der Waals surface area contributed by atoms with E-state index in [1.165, 1.54) is 0 Å². The summed E-state index contributed by atoms with van der Waals surface area (Å²) in [5.74, 6) is -0.293. The molecule has 0 spiro atoms. The van der Waals surface area contributed by atoms with Crippen LogP contribution in [-0.2, 0) is 11.2 Å². The Labute approximate surface area is 89.9 Å². The second kappa shape index (κ2) is 6.14. The summed E-state index contributed by atoms with van der Waals surface area (Å²) in [6.07, 6.45) is 3.29. The van der Waals surface area contributed by atoms with Gasteiger partial charge < -0.3 is 11.1 Å². The first-order valence-electron chi connectivity index (χ1n) is 5.16. The zero-order valence-corrected chi connectivity index (χ0v) is 8.94. The molecule has 4 heteroatoms. The third-order valence-electron chi connectivity index (χ3n) is 2.25. The maximum Gasteiger partial charge on any atom is 0.234 e. The molecule has 0 aliphatic rings. The average Bonchev–Trinajstić information content (AvgIpc) is 2.25. The van der Waals surface area contributed by atoms with Gasteiger partial charge in [-0.05, 0) is 18.6 Å². The third-order valence-corrected chi connectivity index (χ3v) is 2.25. The van der Waals surface area contributed by atoms with E-state index in [-0.39, 0.29) is 11.9 Å². The second-order valence-corrected chi connectivity index (χ2v) is 3.39. The molecule has 1 heterocycles. The molecule has 0 radical (unpaired) electrons. The zero-order chi connectivity index (χ0) is 11.1. The predicted octanol–water partition coefficient (Wildman–Crippen LogP) is 0.478. The minimum atomic E-state index is -0.293. The highest BCUT2D eigenvalue weighted by Crippen LogP contribution is 1.95. The van der Waals surface area contributed by atoms with Gasteiger partial charge in [0.25, 0.3) is 0 Å². The van der Waals surface area contributed by atoms with E-state index in [1.807, 2.05) is 25.1 Å². The Morgan fingerprint density at radius 2 is 2.40 bits per heavy atom. The van der Waals surface area contributed by atoms with Crippen LogP contribution in [0.25, 0.3) is 0 Å². The Morgan fingerprint density at radius 1 is 1.60 bits per heavy atom. The smallest absolute Gasteiger partial charge is 0.234 e. The van der Waals surface area contributed by atoms with Gasteiger partial charge in [0, 0.05) is 24.9 Å². The SMILES string of the molecule is CCC(NCCc1ccccn1)C(N)=O. The molecule has 0 aliphatic carbocycles. The minimum Gasteiger partial charge on any atom is -0.368 e. The first kappa shape index (κ1) is 11.7. The minimum absolute atomic E-state index is 0.228. The molecule has 3 N–H and O–H groups in total. The van der Waals surface area contributed by atoms with Crippen LogP contribution in [0.2, 0.25) is 0 Å². The number of hydrogen-bond acceptors (Lipinski definition) is 3. The van der Waals surface area contributed by atoms with Crippen LogP contribution in [0.1, 0.15) is 19.0 Å². The molecule has 1 aromatic heterocycles.